The highest BCUT2D eigenvalue weighted by atomic mass is 79.9. The van der Waals surface area contributed by atoms with Gasteiger partial charge in [0, 0.05) is 12.5 Å². The number of hydrogen-bond donors (Lipinski definition) is 0. The predicted molar refractivity (Wildman–Crippen MR) is 65.4 cm³/mol. The van der Waals surface area contributed by atoms with E-state index in [0.717, 1.165) is 3.39 Å². The molecule has 78 valence electrons. The van der Waals surface area contributed by atoms with E-state index in [1.165, 1.54) is 6.08 Å². The standard InChI is InChI=1S/C10H12Br2O2/c1-3-5-8(7-9(11)12)14-10(13)6-4-2/h3-4,6-8H,1,5H2,2H3/b6-4+/t8-/m0/s1. The van der Waals surface area contributed by atoms with Gasteiger partial charge in [-0.2, -0.15) is 0 Å². The Morgan fingerprint density at radius 2 is 2.21 bits per heavy atom. The van der Waals surface area contributed by atoms with Crippen molar-refractivity contribution in [1.82, 2.24) is 0 Å². The zero-order valence-electron chi connectivity index (χ0n) is 7.87. The van der Waals surface area contributed by atoms with E-state index in [1.54, 1.807) is 25.2 Å². The zero-order chi connectivity index (χ0) is 11.0. The van der Waals surface area contributed by atoms with Gasteiger partial charge in [0.2, 0.25) is 0 Å². The van der Waals surface area contributed by atoms with Crippen LogP contribution in [-0.4, -0.2) is 12.1 Å². The molecule has 0 amide bonds. The summed E-state index contributed by atoms with van der Waals surface area (Å²) in [5, 5.41) is 0. The molecule has 4 heteroatoms. The van der Waals surface area contributed by atoms with Gasteiger partial charge in [-0.25, -0.2) is 4.79 Å². The van der Waals surface area contributed by atoms with Crippen molar-refractivity contribution in [2.45, 2.75) is 19.4 Å². The predicted octanol–water partition coefficient (Wildman–Crippen LogP) is 3.68. The van der Waals surface area contributed by atoms with Gasteiger partial charge in [-0.1, -0.05) is 12.2 Å². The lowest BCUT2D eigenvalue weighted by Crippen LogP contribution is -2.13. The molecule has 0 aliphatic carbocycles. The molecule has 0 fully saturated rings. The SMILES string of the molecule is C=CC[C@@H](C=C(Br)Br)OC(=O)/C=C/C. The molecule has 0 aromatic carbocycles. The van der Waals surface area contributed by atoms with E-state index in [1.807, 2.05) is 0 Å². The highest BCUT2D eigenvalue weighted by Crippen LogP contribution is 2.16. The molecule has 0 bridgehead atoms. The molecule has 0 aliphatic heterocycles. The molecule has 14 heavy (non-hydrogen) atoms. The van der Waals surface area contributed by atoms with Crippen molar-refractivity contribution < 1.29 is 9.53 Å². The van der Waals surface area contributed by atoms with Gasteiger partial charge >= 0.3 is 5.97 Å². The number of carbonyl (C=O) groups is 1. The molecule has 2 nitrogen and oxygen atoms in total. The number of ether oxygens (including phenoxy) is 1. The summed E-state index contributed by atoms with van der Waals surface area (Å²) in [5.41, 5.74) is 0. The molecule has 0 rings (SSSR count). The van der Waals surface area contributed by atoms with Crippen LogP contribution >= 0.6 is 31.9 Å². The van der Waals surface area contributed by atoms with Crippen LogP contribution in [0.1, 0.15) is 13.3 Å². The van der Waals surface area contributed by atoms with Gasteiger partial charge in [0.25, 0.3) is 0 Å². The van der Waals surface area contributed by atoms with Crippen LogP contribution in [0.15, 0.2) is 34.3 Å². The topological polar surface area (TPSA) is 26.3 Å². The van der Waals surface area contributed by atoms with Crippen LogP contribution in [0.25, 0.3) is 0 Å². The number of rotatable bonds is 5. The third kappa shape index (κ3) is 7.09. The molecule has 0 aliphatic rings. The molecule has 0 radical (unpaired) electrons. The van der Waals surface area contributed by atoms with E-state index >= 15 is 0 Å². The second-order valence-corrected chi connectivity index (χ2v) is 5.23. The van der Waals surface area contributed by atoms with Crippen molar-refractivity contribution in [2.75, 3.05) is 0 Å². The first-order valence-electron chi connectivity index (χ1n) is 4.07. The summed E-state index contributed by atoms with van der Waals surface area (Å²) >= 11 is 6.42. The number of allylic oxidation sites excluding steroid dienone is 1. The molecule has 0 saturated heterocycles. The van der Waals surface area contributed by atoms with Crippen LogP contribution in [0.3, 0.4) is 0 Å². The largest absolute Gasteiger partial charge is 0.455 e. The Bertz CT molecular complexity index is 253. The van der Waals surface area contributed by atoms with Gasteiger partial charge < -0.3 is 4.74 Å². The summed E-state index contributed by atoms with van der Waals surface area (Å²) in [6.07, 6.45) is 6.77. The lowest BCUT2D eigenvalue weighted by molar-refractivity contribution is -0.140. The van der Waals surface area contributed by atoms with Crippen molar-refractivity contribution >= 4 is 37.8 Å². The summed E-state index contributed by atoms with van der Waals surface area (Å²) < 4.78 is 5.86. The van der Waals surface area contributed by atoms with Crippen LogP contribution in [-0.2, 0) is 9.53 Å². The molecule has 0 aromatic heterocycles. The summed E-state index contributed by atoms with van der Waals surface area (Å²) in [6, 6.07) is 0. The minimum absolute atomic E-state index is 0.287. The maximum atomic E-state index is 11.1. The monoisotopic (exact) mass is 322 g/mol. The van der Waals surface area contributed by atoms with Gasteiger partial charge in [0.05, 0.1) is 3.39 Å². The molecule has 1 atom stereocenters. The van der Waals surface area contributed by atoms with Crippen molar-refractivity contribution in [3.05, 3.63) is 34.3 Å². The second kappa shape index (κ2) is 8.00. The Labute approximate surface area is 101 Å². The summed E-state index contributed by atoms with van der Waals surface area (Å²) in [6.45, 7) is 5.36. The minimum Gasteiger partial charge on any atom is -0.455 e. The Balaban J connectivity index is 4.29. The fourth-order valence-corrected chi connectivity index (χ4v) is 1.37. The maximum Gasteiger partial charge on any atom is 0.331 e. The molecule has 0 heterocycles. The minimum atomic E-state index is -0.350. The average molecular weight is 324 g/mol. The first-order chi connectivity index (χ1) is 6.60. The van der Waals surface area contributed by atoms with E-state index in [2.05, 4.69) is 38.4 Å². The molecule has 0 unspecified atom stereocenters. The number of esters is 1. The Morgan fingerprint density at radius 1 is 1.57 bits per heavy atom. The Kier molecular flexibility index (Phi) is 7.80. The number of carbonyl (C=O) groups excluding carboxylic acids is 1. The summed E-state index contributed by atoms with van der Waals surface area (Å²) in [5.74, 6) is -0.350. The van der Waals surface area contributed by atoms with E-state index in [-0.39, 0.29) is 12.1 Å². The van der Waals surface area contributed by atoms with E-state index in [9.17, 15) is 4.79 Å². The van der Waals surface area contributed by atoms with Gasteiger partial charge in [-0.15, -0.1) is 6.58 Å². The van der Waals surface area contributed by atoms with Gasteiger partial charge in [0.15, 0.2) is 0 Å². The quantitative estimate of drug-likeness (QED) is 0.438. The Hall–Kier alpha value is -0.350. The first kappa shape index (κ1) is 13.7. The van der Waals surface area contributed by atoms with Crippen LogP contribution in [0.4, 0.5) is 0 Å². The van der Waals surface area contributed by atoms with Crippen LogP contribution in [0.5, 0.6) is 0 Å². The third-order valence-corrected chi connectivity index (χ3v) is 1.81. The number of hydrogen-bond acceptors (Lipinski definition) is 2. The summed E-state index contributed by atoms with van der Waals surface area (Å²) in [7, 11) is 0. The molecular weight excluding hydrogens is 312 g/mol. The zero-order valence-corrected chi connectivity index (χ0v) is 11.0. The van der Waals surface area contributed by atoms with Crippen molar-refractivity contribution in [3.63, 3.8) is 0 Å². The third-order valence-electron chi connectivity index (χ3n) is 1.28. The van der Waals surface area contributed by atoms with E-state index < -0.39 is 0 Å². The fourth-order valence-electron chi connectivity index (χ4n) is 0.780. The summed E-state index contributed by atoms with van der Waals surface area (Å²) in [4.78, 5) is 11.1. The van der Waals surface area contributed by atoms with Gasteiger partial charge in [-0.05, 0) is 44.9 Å². The maximum absolute atomic E-state index is 11.1. The highest BCUT2D eigenvalue weighted by Gasteiger charge is 2.08. The molecule has 0 N–H and O–H groups in total. The Morgan fingerprint density at radius 3 is 2.64 bits per heavy atom. The molecular formula is C10H12Br2O2. The van der Waals surface area contributed by atoms with Crippen molar-refractivity contribution in [2.24, 2.45) is 0 Å². The normalized spacial score (nSPS) is 12.2. The van der Waals surface area contributed by atoms with E-state index in [4.69, 9.17) is 4.74 Å². The van der Waals surface area contributed by atoms with E-state index in [0.29, 0.717) is 6.42 Å². The lowest BCUT2D eigenvalue weighted by Gasteiger charge is -2.10. The smallest absolute Gasteiger partial charge is 0.331 e. The first-order valence-corrected chi connectivity index (χ1v) is 5.65. The molecule has 0 saturated carbocycles. The van der Waals surface area contributed by atoms with Gasteiger partial charge in [0.1, 0.15) is 6.10 Å². The van der Waals surface area contributed by atoms with Crippen LogP contribution in [0, 0.1) is 0 Å². The fraction of sp³-hybridized carbons (Fsp3) is 0.300. The van der Waals surface area contributed by atoms with Crippen LogP contribution in [0.2, 0.25) is 0 Å². The van der Waals surface area contributed by atoms with Crippen molar-refractivity contribution in [1.29, 1.82) is 0 Å². The lowest BCUT2D eigenvalue weighted by atomic mass is 10.2. The molecule has 0 spiro atoms. The van der Waals surface area contributed by atoms with Crippen molar-refractivity contribution in [3.8, 4) is 0 Å². The highest BCUT2D eigenvalue weighted by molar-refractivity contribution is 9.28. The average Bonchev–Trinajstić information content (AvgIpc) is 2.03. The number of halogens is 2. The molecule has 0 aromatic rings. The van der Waals surface area contributed by atoms with Crippen LogP contribution < -0.4 is 0 Å². The van der Waals surface area contributed by atoms with Gasteiger partial charge in [-0.3, -0.25) is 0 Å². The second-order valence-electron chi connectivity index (χ2n) is 2.46.